The van der Waals surface area contributed by atoms with Crippen LogP contribution < -0.4 is 5.32 Å². The quantitative estimate of drug-likeness (QED) is 0.795. The van der Waals surface area contributed by atoms with E-state index < -0.39 is 0 Å². The third-order valence-corrected chi connectivity index (χ3v) is 3.31. The van der Waals surface area contributed by atoms with E-state index in [4.69, 9.17) is 0 Å². The number of nitrogens with one attached hydrogen (secondary N) is 1. The predicted molar refractivity (Wildman–Crippen MR) is 62.7 cm³/mol. The Morgan fingerprint density at radius 2 is 2.33 bits per heavy atom. The highest BCUT2D eigenvalue weighted by Crippen LogP contribution is 2.41. The van der Waals surface area contributed by atoms with Crippen LogP contribution in [0.25, 0.3) is 0 Å². The van der Waals surface area contributed by atoms with Crippen LogP contribution in [0.4, 0.5) is 0 Å². The zero-order chi connectivity index (χ0) is 10.7. The fraction of sp³-hybridized carbons (Fsp3) is 0.615. The molecule has 3 unspecified atom stereocenters. The van der Waals surface area contributed by atoms with Gasteiger partial charge in [0.15, 0.2) is 0 Å². The van der Waals surface area contributed by atoms with E-state index in [1.165, 1.54) is 12.1 Å². The number of rotatable bonds is 5. The van der Waals surface area contributed by atoms with Gasteiger partial charge in [0.25, 0.3) is 0 Å². The Morgan fingerprint density at radius 1 is 1.53 bits per heavy atom. The van der Waals surface area contributed by atoms with Crippen LogP contribution in [0.15, 0.2) is 24.4 Å². The summed E-state index contributed by atoms with van der Waals surface area (Å²) >= 11 is 0. The second-order valence-corrected chi connectivity index (χ2v) is 4.57. The zero-order valence-electron chi connectivity index (χ0n) is 9.61. The molecule has 0 saturated heterocycles. The van der Waals surface area contributed by atoms with Crippen molar-refractivity contribution in [2.75, 3.05) is 6.54 Å². The molecule has 3 atom stereocenters. The maximum absolute atomic E-state index is 4.40. The molecule has 0 radical (unpaired) electrons. The smallest absolute Gasteiger partial charge is 0.0419 e. The lowest BCUT2D eigenvalue weighted by atomic mass is 10.0. The number of aromatic nitrogens is 1. The Balaban J connectivity index is 1.95. The minimum Gasteiger partial charge on any atom is -0.314 e. The molecule has 1 saturated carbocycles. The van der Waals surface area contributed by atoms with E-state index in [0.29, 0.717) is 6.04 Å². The molecule has 2 heteroatoms. The van der Waals surface area contributed by atoms with Crippen LogP contribution in [-0.4, -0.2) is 17.6 Å². The first-order valence-corrected chi connectivity index (χ1v) is 5.94. The summed E-state index contributed by atoms with van der Waals surface area (Å²) in [5.74, 6) is 1.77. The minimum atomic E-state index is 0.625. The maximum Gasteiger partial charge on any atom is 0.0419 e. The molecule has 82 valence electrons. The van der Waals surface area contributed by atoms with E-state index in [1.54, 1.807) is 0 Å². The summed E-state index contributed by atoms with van der Waals surface area (Å²) in [7, 11) is 0. The van der Waals surface area contributed by atoms with Crippen LogP contribution in [-0.2, 0) is 6.42 Å². The molecule has 0 aromatic carbocycles. The van der Waals surface area contributed by atoms with Crippen molar-refractivity contribution in [1.29, 1.82) is 0 Å². The Morgan fingerprint density at radius 3 is 2.87 bits per heavy atom. The lowest BCUT2D eigenvalue weighted by Crippen LogP contribution is -2.33. The molecule has 1 aliphatic carbocycles. The number of nitrogens with zero attached hydrogens (tertiary/aromatic N) is 1. The molecule has 0 amide bonds. The predicted octanol–water partition coefficient (Wildman–Crippen LogP) is 2.26. The molecule has 1 fully saturated rings. The fourth-order valence-corrected chi connectivity index (χ4v) is 2.29. The molecule has 0 spiro atoms. The molecule has 0 aliphatic heterocycles. The number of likely N-dealkylation sites (N-methyl/N-ethyl adjacent to an activating group) is 1. The van der Waals surface area contributed by atoms with Gasteiger partial charge in [-0.15, -0.1) is 0 Å². The second-order valence-electron chi connectivity index (χ2n) is 4.57. The lowest BCUT2D eigenvalue weighted by Gasteiger charge is -2.17. The first kappa shape index (κ1) is 10.6. The van der Waals surface area contributed by atoms with Gasteiger partial charge in [-0.1, -0.05) is 19.9 Å². The maximum atomic E-state index is 4.40. The minimum absolute atomic E-state index is 0.625. The Labute approximate surface area is 92.1 Å². The molecule has 1 aromatic rings. The Bertz CT molecular complexity index is 297. The highest BCUT2D eigenvalue weighted by Gasteiger charge is 2.38. The highest BCUT2D eigenvalue weighted by molar-refractivity contribution is 5.07. The van der Waals surface area contributed by atoms with E-state index in [1.807, 2.05) is 12.3 Å². The van der Waals surface area contributed by atoms with E-state index >= 15 is 0 Å². The molecular weight excluding hydrogens is 184 g/mol. The van der Waals surface area contributed by atoms with Crippen molar-refractivity contribution < 1.29 is 0 Å². The average molecular weight is 204 g/mol. The van der Waals surface area contributed by atoms with Gasteiger partial charge in [0.2, 0.25) is 0 Å². The van der Waals surface area contributed by atoms with Crippen LogP contribution in [0.3, 0.4) is 0 Å². The highest BCUT2D eigenvalue weighted by atomic mass is 14.9. The van der Waals surface area contributed by atoms with Crippen LogP contribution in [0, 0.1) is 11.8 Å². The van der Waals surface area contributed by atoms with Crippen LogP contribution in [0.2, 0.25) is 0 Å². The molecular formula is C13H20N2. The first-order valence-electron chi connectivity index (χ1n) is 5.94. The normalized spacial score (nSPS) is 26.3. The zero-order valence-corrected chi connectivity index (χ0v) is 9.61. The fourth-order valence-electron chi connectivity index (χ4n) is 2.29. The van der Waals surface area contributed by atoms with Gasteiger partial charge in [-0.25, -0.2) is 0 Å². The van der Waals surface area contributed by atoms with Crippen molar-refractivity contribution in [2.24, 2.45) is 11.8 Å². The summed E-state index contributed by atoms with van der Waals surface area (Å²) in [6, 6.07) is 6.80. The molecule has 0 bridgehead atoms. The van der Waals surface area contributed by atoms with Crippen molar-refractivity contribution in [3.63, 3.8) is 0 Å². The van der Waals surface area contributed by atoms with Crippen molar-refractivity contribution in [3.05, 3.63) is 30.1 Å². The lowest BCUT2D eigenvalue weighted by molar-refractivity contribution is 0.451. The molecule has 1 aliphatic rings. The third-order valence-electron chi connectivity index (χ3n) is 3.31. The van der Waals surface area contributed by atoms with Crippen molar-refractivity contribution in [2.45, 2.75) is 32.7 Å². The molecule has 15 heavy (non-hydrogen) atoms. The molecule has 1 aromatic heterocycles. The molecule has 2 rings (SSSR count). The van der Waals surface area contributed by atoms with E-state index in [-0.39, 0.29) is 0 Å². The largest absolute Gasteiger partial charge is 0.314 e. The third kappa shape index (κ3) is 2.78. The standard InChI is InChI=1S/C13H20N2/c1-3-14-13(12-8-10(12)2)9-11-6-4-5-7-15-11/h4-7,10,12-14H,3,8-9H2,1-2H3. The molecule has 2 nitrogen and oxygen atoms in total. The van der Waals surface area contributed by atoms with E-state index in [0.717, 1.165) is 24.8 Å². The Kier molecular flexibility index (Phi) is 3.37. The van der Waals surface area contributed by atoms with Crippen molar-refractivity contribution in [1.82, 2.24) is 10.3 Å². The second kappa shape index (κ2) is 4.75. The van der Waals surface area contributed by atoms with E-state index in [9.17, 15) is 0 Å². The molecule has 1 heterocycles. The summed E-state index contributed by atoms with van der Waals surface area (Å²) in [5, 5.41) is 3.58. The van der Waals surface area contributed by atoms with E-state index in [2.05, 4.69) is 36.3 Å². The Hall–Kier alpha value is -0.890. The number of hydrogen-bond acceptors (Lipinski definition) is 2. The number of pyridine rings is 1. The number of hydrogen-bond donors (Lipinski definition) is 1. The summed E-state index contributed by atoms with van der Waals surface area (Å²) in [6.07, 6.45) is 4.34. The van der Waals surface area contributed by atoms with Gasteiger partial charge in [-0.05, 0) is 36.9 Å². The van der Waals surface area contributed by atoms with Gasteiger partial charge in [0, 0.05) is 24.4 Å². The summed E-state index contributed by atoms with van der Waals surface area (Å²) < 4.78 is 0. The monoisotopic (exact) mass is 204 g/mol. The summed E-state index contributed by atoms with van der Waals surface area (Å²) in [6.45, 7) is 5.58. The van der Waals surface area contributed by atoms with Crippen molar-refractivity contribution >= 4 is 0 Å². The van der Waals surface area contributed by atoms with Crippen LogP contribution in [0.5, 0.6) is 0 Å². The van der Waals surface area contributed by atoms with Crippen LogP contribution >= 0.6 is 0 Å². The van der Waals surface area contributed by atoms with Gasteiger partial charge < -0.3 is 5.32 Å². The SMILES string of the molecule is CCNC(Cc1ccccn1)C1CC1C. The summed E-state index contributed by atoms with van der Waals surface area (Å²) in [4.78, 5) is 4.40. The first-order chi connectivity index (χ1) is 7.31. The van der Waals surface area contributed by atoms with Gasteiger partial charge in [0.1, 0.15) is 0 Å². The average Bonchev–Trinajstić information content (AvgIpc) is 2.97. The van der Waals surface area contributed by atoms with Crippen molar-refractivity contribution in [3.8, 4) is 0 Å². The van der Waals surface area contributed by atoms with Gasteiger partial charge in [-0.3, -0.25) is 4.98 Å². The van der Waals surface area contributed by atoms with Gasteiger partial charge >= 0.3 is 0 Å². The molecule has 1 N–H and O–H groups in total. The summed E-state index contributed by atoms with van der Waals surface area (Å²) in [5.41, 5.74) is 1.21. The van der Waals surface area contributed by atoms with Gasteiger partial charge in [0.05, 0.1) is 0 Å². The topological polar surface area (TPSA) is 24.9 Å². The van der Waals surface area contributed by atoms with Gasteiger partial charge in [-0.2, -0.15) is 0 Å². The van der Waals surface area contributed by atoms with Crippen LogP contribution in [0.1, 0.15) is 26.0 Å².